The molecule has 2 aromatic rings. The van der Waals surface area contributed by atoms with Crippen LogP contribution in [0.15, 0.2) is 35.2 Å². The summed E-state index contributed by atoms with van der Waals surface area (Å²) in [6, 6.07) is 10.8. The van der Waals surface area contributed by atoms with Gasteiger partial charge in [0.05, 0.1) is 23.5 Å². The van der Waals surface area contributed by atoms with Crippen LogP contribution in [0, 0.1) is 13.8 Å². The van der Waals surface area contributed by atoms with Crippen LogP contribution in [0.4, 0.5) is 0 Å². The highest BCUT2D eigenvalue weighted by atomic mass is 32.2. The van der Waals surface area contributed by atoms with Gasteiger partial charge in [0.1, 0.15) is 0 Å². The second kappa shape index (κ2) is 6.28. The first-order valence-electron chi connectivity index (χ1n) is 8.68. The molecular formula is C19H23N3OS. The first-order chi connectivity index (χ1) is 11.6. The zero-order valence-electron chi connectivity index (χ0n) is 14.2. The number of hydrogen-bond acceptors (Lipinski definition) is 3. The molecule has 1 saturated heterocycles. The van der Waals surface area contributed by atoms with Crippen LogP contribution in [-0.4, -0.2) is 38.4 Å². The number of rotatable bonds is 3. The number of thioether (sulfide) groups is 1. The summed E-state index contributed by atoms with van der Waals surface area (Å²) in [4.78, 5) is 16.5. The Balaban J connectivity index is 1.47. The highest BCUT2D eigenvalue weighted by molar-refractivity contribution is 8.01. The summed E-state index contributed by atoms with van der Waals surface area (Å²) in [6.07, 6.45) is 3.04. The maximum atomic E-state index is 13.1. The van der Waals surface area contributed by atoms with Crippen LogP contribution < -0.4 is 0 Å². The van der Waals surface area contributed by atoms with Crippen molar-refractivity contribution in [2.75, 3.05) is 6.54 Å². The third-order valence-corrected chi connectivity index (χ3v) is 6.37. The lowest BCUT2D eigenvalue weighted by molar-refractivity contribution is -0.131. The van der Waals surface area contributed by atoms with Crippen molar-refractivity contribution in [2.24, 2.45) is 0 Å². The Hall–Kier alpha value is -1.75. The van der Waals surface area contributed by atoms with Gasteiger partial charge in [-0.05, 0) is 50.8 Å². The third-order valence-electron chi connectivity index (χ3n) is 5.07. The molecule has 0 bridgehead atoms. The number of aryl methyl sites for hydroxylation is 2. The molecule has 1 amide bonds. The van der Waals surface area contributed by atoms with E-state index in [0.29, 0.717) is 5.91 Å². The molecule has 2 atom stereocenters. The minimum Gasteiger partial charge on any atom is -0.337 e. The molecule has 2 aliphatic heterocycles. The Morgan fingerprint density at radius 1 is 1.33 bits per heavy atom. The first kappa shape index (κ1) is 15.8. The summed E-state index contributed by atoms with van der Waals surface area (Å²) in [5, 5.41) is 4.62. The standard InChI is InChI=1S/C19H23N3OS/c1-13-10-14(2)22(20-13)12-16-7-5-9-21(16)19(23)18-11-15-6-3-4-8-17(15)24-18/h3-4,6,8,10,16,18H,5,7,9,11-12H2,1-2H3/t16-,18+/m0/s1. The molecule has 2 aliphatic rings. The van der Waals surface area contributed by atoms with Gasteiger partial charge in [-0.25, -0.2) is 0 Å². The molecule has 3 heterocycles. The van der Waals surface area contributed by atoms with Crippen molar-refractivity contribution in [1.29, 1.82) is 0 Å². The van der Waals surface area contributed by atoms with Gasteiger partial charge in [-0.1, -0.05) is 18.2 Å². The molecule has 0 N–H and O–H groups in total. The molecule has 1 aromatic heterocycles. The molecule has 4 rings (SSSR count). The van der Waals surface area contributed by atoms with E-state index in [0.717, 1.165) is 38.0 Å². The van der Waals surface area contributed by atoms with E-state index in [4.69, 9.17) is 0 Å². The Morgan fingerprint density at radius 3 is 2.92 bits per heavy atom. The number of likely N-dealkylation sites (tertiary alicyclic amines) is 1. The average molecular weight is 341 g/mol. The molecule has 0 saturated carbocycles. The van der Waals surface area contributed by atoms with E-state index in [2.05, 4.69) is 51.9 Å². The SMILES string of the molecule is Cc1cc(C)n(C[C@@H]2CCCN2C(=O)[C@H]2Cc3ccccc3S2)n1. The van der Waals surface area contributed by atoms with Gasteiger partial charge in [0, 0.05) is 17.1 Å². The van der Waals surface area contributed by atoms with E-state index >= 15 is 0 Å². The van der Waals surface area contributed by atoms with Crippen molar-refractivity contribution < 1.29 is 4.79 Å². The second-order valence-electron chi connectivity index (χ2n) is 6.86. The third kappa shape index (κ3) is 2.86. The zero-order valence-corrected chi connectivity index (χ0v) is 15.1. The lowest BCUT2D eigenvalue weighted by Gasteiger charge is -2.27. The van der Waals surface area contributed by atoms with Gasteiger partial charge in [0.15, 0.2) is 0 Å². The number of fused-ring (bicyclic) bond motifs is 1. The van der Waals surface area contributed by atoms with Gasteiger partial charge in [0.25, 0.3) is 0 Å². The van der Waals surface area contributed by atoms with Crippen molar-refractivity contribution in [3.05, 3.63) is 47.3 Å². The number of amides is 1. The molecule has 126 valence electrons. The fourth-order valence-electron chi connectivity index (χ4n) is 3.88. The Kier molecular flexibility index (Phi) is 4.12. The average Bonchev–Trinajstić information content (AvgIpc) is 3.26. The van der Waals surface area contributed by atoms with Crippen LogP contribution in [0.5, 0.6) is 0 Å². The minimum atomic E-state index is 0.0449. The summed E-state index contributed by atoms with van der Waals surface area (Å²) < 4.78 is 2.06. The van der Waals surface area contributed by atoms with Crippen LogP contribution in [-0.2, 0) is 17.8 Å². The smallest absolute Gasteiger partial charge is 0.236 e. The predicted molar refractivity (Wildman–Crippen MR) is 96.2 cm³/mol. The number of hydrogen-bond donors (Lipinski definition) is 0. The molecular weight excluding hydrogens is 318 g/mol. The van der Waals surface area contributed by atoms with E-state index < -0.39 is 0 Å². The monoisotopic (exact) mass is 341 g/mol. The minimum absolute atomic E-state index is 0.0449. The highest BCUT2D eigenvalue weighted by Gasteiger charge is 2.36. The van der Waals surface area contributed by atoms with Gasteiger partial charge < -0.3 is 4.90 Å². The van der Waals surface area contributed by atoms with E-state index in [9.17, 15) is 4.79 Å². The fraction of sp³-hybridized carbons (Fsp3) is 0.474. The topological polar surface area (TPSA) is 38.1 Å². The fourth-order valence-corrected chi connectivity index (χ4v) is 5.15. The van der Waals surface area contributed by atoms with E-state index in [1.165, 1.54) is 16.2 Å². The summed E-state index contributed by atoms with van der Waals surface area (Å²) in [5.41, 5.74) is 3.54. The summed E-state index contributed by atoms with van der Waals surface area (Å²) in [7, 11) is 0. The zero-order chi connectivity index (χ0) is 16.7. The largest absolute Gasteiger partial charge is 0.337 e. The van der Waals surface area contributed by atoms with E-state index in [1.54, 1.807) is 11.8 Å². The molecule has 0 spiro atoms. The summed E-state index contributed by atoms with van der Waals surface area (Å²) >= 11 is 1.73. The van der Waals surface area contributed by atoms with Crippen LogP contribution in [0.1, 0.15) is 29.8 Å². The maximum absolute atomic E-state index is 13.1. The molecule has 1 fully saturated rings. The molecule has 0 radical (unpaired) electrons. The number of carbonyl (C=O) groups excluding carboxylic acids is 1. The van der Waals surface area contributed by atoms with Crippen molar-refractivity contribution in [3.63, 3.8) is 0 Å². The highest BCUT2D eigenvalue weighted by Crippen LogP contribution is 2.38. The second-order valence-corrected chi connectivity index (χ2v) is 8.10. The van der Waals surface area contributed by atoms with Gasteiger partial charge in [-0.3, -0.25) is 9.48 Å². The normalized spacial score (nSPS) is 22.8. The summed E-state index contributed by atoms with van der Waals surface area (Å²) in [5.74, 6) is 0.306. The van der Waals surface area contributed by atoms with Gasteiger partial charge >= 0.3 is 0 Å². The number of nitrogens with zero attached hydrogens (tertiary/aromatic N) is 3. The number of benzene rings is 1. The van der Waals surface area contributed by atoms with Gasteiger partial charge in [0.2, 0.25) is 5.91 Å². The molecule has 0 aliphatic carbocycles. The molecule has 24 heavy (non-hydrogen) atoms. The van der Waals surface area contributed by atoms with Gasteiger partial charge in [-0.2, -0.15) is 5.10 Å². The van der Waals surface area contributed by atoms with Crippen molar-refractivity contribution in [2.45, 2.75) is 55.8 Å². The van der Waals surface area contributed by atoms with Crippen LogP contribution >= 0.6 is 11.8 Å². The lowest BCUT2D eigenvalue weighted by atomic mass is 10.1. The molecule has 0 unspecified atom stereocenters. The summed E-state index contributed by atoms with van der Waals surface area (Å²) in [6.45, 7) is 5.81. The molecule has 1 aromatic carbocycles. The van der Waals surface area contributed by atoms with Crippen molar-refractivity contribution >= 4 is 17.7 Å². The first-order valence-corrected chi connectivity index (χ1v) is 9.56. The predicted octanol–water partition coefficient (Wildman–Crippen LogP) is 3.21. The molecule has 5 heteroatoms. The van der Waals surface area contributed by atoms with Crippen LogP contribution in [0.3, 0.4) is 0 Å². The number of carbonyl (C=O) groups is 1. The van der Waals surface area contributed by atoms with E-state index in [-0.39, 0.29) is 11.3 Å². The lowest BCUT2D eigenvalue weighted by Crippen LogP contribution is -2.43. The number of aromatic nitrogens is 2. The van der Waals surface area contributed by atoms with E-state index in [1.807, 2.05) is 6.92 Å². The Labute approximate surface area is 147 Å². The molecule has 4 nitrogen and oxygen atoms in total. The quantitative estimate of drug-likeness (QED) is 0.860. The van der Waals surface area contributed by atoms with Crippen LogP contribution in [0.25, 0.3) is 0 Å². The van der Waals surface area contributed by atoms with Crippen molar-refractivity contribution in [1.82, 2.24) is 14.7 Å². The van der Waals surface area contributed by atoms with Crippen LogP contribution in [0.2, 0.25) is 0 Å². The Morgan fingerprint density at radius 2 is 2.17 bits per heavy atom. The van der Waals surface area contributed by atoms with Crippen molar-refractivity contribution in [3.8, 4) is 0 Å². The van der Waals surface area contributed by atoms with Gasteiger partial charge in [-0.15, -0.1) is 11.8 Å². The Bertz CT molecular complexity index is 745. The maximum Gasteiger partial charge on any atom is 0.236 e.